The first-order valence-corrected chi connectivity index (χ1v) is 5.46. The highest BCUT2D eigenvalue weighted by Gasteiger charge is 2.39. The lowest BCUT2D eigenvalue weighted by Crippen LogP contribution is -2.29. The number of anilines is 1. The fraction of sp³-hybridized carbons (Fsp3) is 0.700. The van der Waals surface area contributed by atoms with Gasteiger partial charge in [0.25, 0.3) is 0 Å². The van der Waals surface area contributed by atoms with E-state index in [2.05, 4.69) is 10.4 Å². The fourth-order valence-corrected chi connectivity index (χ4v) is 2.73. The van der Waals surface area contributed by atoms with Gasteiger partial charge in [-0.05, 0) is 18.8 Å². The molecule has 2 atom stereocenters. The Balaban J connectivity index is 2.00. The van der Waals surface area contributed by atoms with Crippen molar-refractivity contribution in [2.75, 3.05) is 11.9 Å². The van der Waals surface area contributed by atoms with Gasteiger partial charge in [-0.2, -0.15) is 18.3 Å². The minimum atomic E-state index is -4.35. The highest BCUT2D eigenvalue weighted by atomic mass is 19.4. The Morgan fingerprint density at radius 1 is 1.38 bits per heavy atom. The molecule has 16 heavy (non-hydrogen) atoms. The minimum absolute atomic E-state index is 0.160. The zero-order valence-electron chi connectivity index (χ0n) is 8.59. The SMILES string of the molecule is FC(F)(F)c1cc2n(n1)C1CCCC1CN2. The van der Waals surface area contributed by atoms with Crippen molar-refractivity contribution in [3.05, 3.63) is 11.8 Å². The van der Waals surface area contributed by atoms with Crippen LogP contribution in [0.3, 0.4) is 0 Å². The van der Waals surface area contributed by atoms with Crippen LogP contribution in [0.1, 0.15) is 31.0 Å². The molecular weight excluding hydrogens is 219 g/mol. The van der Waals surface area contributed by atoms with Crippen LogP contribution >= 0.6 is 0 Å². The predicted octanol–water partition coefficient (Wildman–Crippen LogP) is 2.67. The number of alkyl halides is 3. The molecule has 3 rings (SSSR count). The molecule has 2 heterocycles. The summed E-state index contributed by atoms with van der Waals surface area (Å²) >= 11 is 0. The second kappa shape index (κ2) is 3.15. The van der Waals surface area contributed by atoms with Crippen molar-refractivity contribution >= 4 is 5.82 Å². The fourth-order valence-electron chi connectivity index (χ4n) is 2.73. The summed E-state index contributed by atoms with van der Waals surface area (Å²) in [7, 11) is 0. The third kappa shape index (κ3) is 1.39. The van der Waals surface area contributed by atoms with Crippen molar-refractivity contribution in [1.82, 2.24) is 9.78 Å². The minimum Gasteiger partial charge on any atom is -0.370 e. The summed E-state index contributed by atoms with van der Waals surface area (Å²) in [4.78, 5) is 0. The lowest BCUT2D eigenvalue weighted by molar-refractivity contribution is -0.141. The molecule has 1 fully saturated rings. The van der Waals surface area contributed by atoms with Crippen LogP contribution in [0, 0.1) is 5.92 Å². The average Bonchev–Trinajstić information content (AvgIpc) is 2.81. The van der Waals surface area contributed by atoms with E-state index in [0.29, 0.717) is 11.7 Å². The molecule has 2 aliphatic rings. The van der Waals surface area contributed by atoms with Crippen molar-refractivity contribution in [3.8, 4) is 0 Å². The molecule has 88 valence electrons. The van der Waals surface area contributed by atoms with E-state index in [1.54, 1.807) is 0 Å². The largest absolute Gasteiger partial charge is 0.435 e. The topological polar surface area (TPSA) is 29.9 Å². The van der Waals surface area contributed by atoms with Crippen LogP contribution in [-0.4, -0.2) is 16.3 Å². The molecular formula is C10H12F3N3. The van der Waals surface area contributed by atoms with Crippen LogP contribution in [-0.2, 0) is 6.18 Å². The number of hydrogen-bond acceptors (Lipinski definition) is 2. The van der Waals surface area contributed by atoms with Gasteiger partial charge < -0.3 is 5.32 Å². The number of rotatable bonds is 0. The number of nitrogens with one attached hydrogen (secondary N) is 1. The van der Waals surface area contributed by atoms with Gasteiger partial charge in [0, 0.05) is 12.6 Å². The number of hydrogen-bond donors (Lipinski definition) is 1. The van der Waals surface area contributed by atoms with E-state index in [-0.39, 0.29) is 6.04 Å². The first-order chi connectivity index (χ1) is 7.55. The maximum atomic E-state index is 12.5. The van der Waals surface area contributed by atoms with Crippen molar-refractivity contribution in [2.45, 2.75) is 31.5 Å². The second-order valence-electron chi connectivity index (χ2n) is 4.50. The van der Waals surface area contributed by atoms with Crippen LogP contribution in [0.5, 0.6) is 0 Å². The van der Waals surface area contributed by atoms with Crippen LogP contribution < -0.4 is 5.32 Å². The summed E-state index contributed by atoms with van der Waals surface area (Å²) in [6.07, 6.45) is -1.24. The molecule has 0 aromatic carbocycles. The van der Waals surface area contributed by atoms with E-state index in [0.717, 1.165) is 31.9 Å². The quantitative estimate of drug-likeness (QED) is 0.744. The summed E-state index contributed by atoms with van der Waals surface area (Å²) in [6.45, 7) is 0.771. The summed E-state index contributed by atoms with van der Waals surface area (Å²) in [5, 5.41) is 6.72. The molecule has 1 aromatic rings. The van der Waals surface area contributed by atoms with Gasteiger partial charge in [0.1, 0.15) is 5.82 Å². The summed E-state index contributed by atoms with van der Waals surface area (Å²) in [5.74, 6) is 0.948. The van der Waals surface area contributed by atoms with Crippen molar-refractivity contribution < 1.29 is 13.2 Å². The van der Waals surface area contributed by atoms with Crippen LogP contribution in [0.15, 0.2) is 6.07 Å². The number of fused-ring (bicyclic) bond motifs is 3. The van der Waals surface area contributed by atoms with E-state index in [1.807, 2.05) is 0 Å². The van der Waals surface area contributed by atoms with Gasteiger partial charge in [0.05, 0.1) is 6.04 Å². The average molecular weight is 231 g/mol. The Bertz CT molecular complexity index is 410. The third-order valence-corrected chi connectivity index (χ3v) is 3.50. The molecule has 0 radical (unpaired) electrons. The number of halogens is 3. The zero-order valence-corrected chi connectivity index (χ0v) is 8.59. The van der Waals surface area contributed by atoms with Crippen molar-refractivity contribution in [2.24, 2.45) is 5.92 Å². The maximum absolute atomic E-state index is 12.5. The molecule has 0 bridgehead atoms. The number of aromatic nitrogens is 2. The monoisotopic (exact) mass is 231 g/mol. The molecule has 1 aliphatic heterocycles. The Hall–Kier alpha value is -1.20. The van der Waals surface area contributed by atoms with E-state index in [9.17, 15) is 13.2 Å². The van der Waals surface area contributed by atoms with Gasteiger partial charge in [-0.3, -0.25) is 0 Å². The predicted molar refractivity (Wildman–Crippen MR) is 52.1 cm³/mol. The first kappa shape index (κ1) is 9.99. The standard InChI is InChI=1S/C10H12F3N3/c11-10(12,13)8-4-9-14-5-6-2-1-3-7(6)16(9)15-8/h4,6-7,14H,1-3,5H2. The highest BCUT2D eigenvalue weighted by molar-refractivity contribution is 5.40. The molecule has 3 nitrogen and oxygen atoms in total. The molecule has 1 aromatic heterocycles. The van der Waals surface area contributed by atoms with Gasteiger partial charge in [0.15, 0.2) is 5.69 Å². The summed E-state index contributed by atoms with van der Waals surface area (Å²) in [5.41, 5.74) is -0.789. The van der Waals surface area contributed by atoms with Crippen molar-refractivity contribution in [1.29, 1.82) is 0 Å². The molecule has 1 N–H and O–H groups in total. The molecule has 0 amide bonds. The first-order valence-electron chi connectivity index (χ1n) is 5.46. The lowest BCUT2D eigenvalue weighted by atomic mass is 10.0. The van der Waals surface area contributed by atoms with Crippen molar-refractivity contribution in [3.63, 3.8) is 0 Å². The molecule has 1 aliphatic carbocycles. The smallest absolute Gasteiger partial charge is 0.370 e. The molecule has 0 spiro atoms. The normalized spacial score (nSPS) is 28.4. The third-order valence-electron chi connectivity index (χ3n) is 3.50. The maximum Gasteiger partial charge on any atom is 0.435 e. The van der Waals surface area contributed by atoms with Gasteiger partial charge in [-0.15, -0.1) is 0 Å². The van der Waals surface area contributed by atoms with E-state index in [4.69, 9.17) is 0 Å². The van der Waals surface area contributed by atoms with E-state index >= 15 is 0 Å². The van der Waals surface area contributed by atoms with Crippen LogP contribution in [0.2, 0.25) is 0 Å². The molecule has 6 heteroatoms. The van der Waals surface area contributed by atoms with Gasteiger partial charge in [-0.1, -0.05) is 6.42 Å². The Morgan fingerprint density at radius 2 is 2.19 bits per heavy atom. The zero-order chi connectivity index (χ0) is 11.3. The molecule has 0 saturated heterocycles. The summed E-state index contributed by atoms with van der Waals surface area (Å²) in [6, 6.07) is 1.27. The molecule has 1 saturated carbocycles. The Labute approximate surface area is 90.6 Å². The summed E-state index contributed by atoms with van der Waals surface area (Å²) < 4.78 is 39.1. The Kier molecular flexibility index (Phi) is 1.96. The van der Waals surface area contributed by atoms with Crippen LogP contribution in [0.4, 0.5) is 19.0 Å². The Morgan fingerprint density at radius 3 is 2.94 bits per heavy atom. The van der Waals surface area contributed by atoms with E-state index in [1.165, 1.54) is 4.68 Å². The second-order valence-corrected chi connectivity index (χ2v) is 4.50. The lowest BCUT2D eigenvalue weighted by Gasteiger charge is -2.28. The van der Waals surface area contributed by atoms with E-state index < -0.39 is 11.9 Å². The highest BCUT2D eigenvalue weighted by Crippen LogP contribution is 2.42. The number of nitrogens with zero attached hydrogens (tertiary/aromatic N) is 2. The van der Waals surface area contributed by atoms with Gasteiger partial charge >= 0.3 is 6.18 Å². The molecule has 2 unspecified atom stereocenters. The van der Waals surface area contributed by atoms with Gasteiger partial charge in [-0.25, -0.2) is 4.68 Å². The van der Waals surface area contributed by atoms with Crippen LogP contribution in [0.25, 0.3) is 0 Å². The van der Waals surface area contributed by atoms with Gasteiger partial charge in [0.2, 0.25) is 0 Å².